The van der Waals surface area contributed by atoms with Gasteiger partial charge in [-0.05, 0) is 41.6 Å². The molecule has 0 radical (unpaired) electrons. The molecule has 0 atom stereocenters. The number of hydrazone groups is 1. The Morgan fingerprint density at radius 3 is 2.71 bits per heavy atom. The van der Waals surface area contributed by atoms with Gasteiger partial charge in [-0.1, -0.05) is 0 Å². The Labute approximate surface area is 161 Å². The summed E-state index contributed by atoms with van der Waals surface area (Å²) in [6.07, 6.45) is 5.10. The summed E-state index contributed by atoms with van der Waals surface area (Å²) in [7, 11) is 0. The third-order valence-corrected chi connectivity index (χ3v) is 3.98. The smallest absolute Gasteiger partial charge is 0.337 e. The maximum absolute atomic E-state index is 11.8. The summed E-state index contributed by atoms with van der Waals surface area (Å²) in [4.78, 5) is 49.5. The number of benzene rings is 1. The van der Waals surface area contributed by atoms with E-state index in [9.17, 15) is 19.2 Å². The first kappa shape index (κ1) is 19.0. The average molecular weight is 400 g/mol. The second kappa shape index (κ2) is 8.73. The Balaban J connectivity index is 1.50. The van der Waals surface area contributed by atoms with Crippen LogP contribution in [0.4, 0.5) is 4.79 Å². The van der Waals surface area contributed by atoms with Crippen molar-refractivity contribution in [3.63, 3.8) is 0 Å². The standard InChI is InChI=1S/C16H12N6O5S/c23-13(7-22-9-17-8-19-22)21-18-6-10-1-3-11(4-2-10)27-14(24)5-12-15(25)20-16(26)28-12/h1-6,8-9H,7H2,(H,21,23)(H,20,25,26)/b12-5-,18-6+. The highest BCUT2D eigenvalue weighted by molar-refractivity contribution is 8.18. The van der Waals surface area contributed by atoms with Crippen LogP contribution in [0.5, 0.6) is 5.75 Å². The van der Waals surface area contributed by atoms with Crippen LogP contribution in [0.15, 0.2) is 53.0 Å². The molecule has 1 aromatic carbocycles. The number of nitrogens with zero attached hydrogens (tertiary/aromatic N) is 4. The van der Waals surface area contributed by atoms with Crippen molar-refractivity contribution >= 4 is 41.0 Å². The highest BCUT2D eigenvalue weighted by atomic mass is 32.2. The molecule has 1 aromatic heterocycles. The van der Waals surface area contributed by atoms with Crippen molar-refractivity contribution < 1.29 is 23.9 Å². The van der Waals surface area contributed by atoms with E-state index in [0.29, 0.717) is 17.3 Å². The molecular weight excluding hydrogens is 388 g/mol. The van der Waals surface area contributed by atoms with Gasteiger partial charge >= 0.3 is 5.97 Å². The monoisotopic (exact) mass is 400 g/mol. The number of amides is 3. The van der Waals surface area contributed by atoms with Gasteiger partial charge in [-0.3, -0.25) is 19.7 Å². The second-order valence-electron chi connectivity index (χ2n) is 5.23. The molecule has 0 bridgehead atoms. The molecule has 3 rings (SSSR count). The molecule has 1 aliphatic heterocycles. The van der Waals surface area contributed by atoms with Gasteiger partial charge < -0.3 is 4.74 Å². The van der Waals surface area contributed by atoms with Crippen molar-refractivity contribution in [1.29, 1.82) is 0 Å². The maximum Gasteiger partial charge on any atom is 0.337 e. The number of carbonyl (C=O) groups is 4. The molecule has 11 nitrogen and oxygen atoms in total. The third-order valence-electron chi connectivity index (χ3n) is 3.16. The van der Waals surface area contributed by atoms with Crippen molar-refractivity contribution in [3.05, 3.63) is 53.5 Å². The lowest BCUT2D eigenvalue weighted by Crippen LogP contribution is -2.23. The first-order chi connectivity index (χ1) is 13.5. The Morgan fingerprint density at radius 1 is 1.29 bits per heavy atom. The topological polar surface area (TPSA) is 145 Å². The zero-order valence-corrected chi connectivity index (χ0v) is 14.9. The maximum atomic E-state index is 11.8. The molecule has 1 aliphatic rings. The zero-order chi connectivity index (χ0) is 19.9. The quantitative estimate of drug-likeness (QED) is 0.230. The fourth-order valence-corrected chi connectivity index (χ4v) is 2.61. The van der Waals surface area contributed by atoms with Crippen molar-refractivity contribution in [2.75, 3.05) is 0 Å². The van der Waals surface area contributed by atoms with Crippen LogP contribution >= 0.6 is 11.8 Å². The van der Waals surface area contributed by atoms with Crippen molar-refractivity contribution in [2.45, 2.75) is 6.54 Å². The largest absolute Gasteiger partial charge is 0.423 e. The van der Waals surface area contributed by atoms with E-state index in [-0.39, 0.29) is 23.1 Å². The van der Waals surface area contributed by atoms with Gasteiger partial charge in [-0.15, -0.1) is 0 Å². The van der Waals surface area contributed by atoms with E-state index in [1.54, 1.807) is 12.1 Å². The van der Waals surface area contributed by atoms with E-state index in [0.717, 1.165) is 6.08 Å². The molecule has 0 aliphatic carbocycles. The SMILES string of the molecule is O=C(Cn1cncn1)N/N=C/c1ccc(OC(=O)/C=C2\SC(=O)NC2=O)cc1. The van der Waals surface area contributed by atoms with Crippen molar-refractivity contribution in [2.24, 2.45) is 5.10 Å². The van der Waals surface area contributed by atoms with Gasteiger partial charge in [0.25, 0.3) is 17.1 Å². The van der Waals surface area contributed by atoms with Gasteiger partial charge in [0.1, 0.15) is 24.9 Å². The van der Waals surface area contributed by atoms with Crippen molar-refractivity contribution in [1.82, 2.24) is 25.5 Å². The van der Waals surface area contributed by atoms with E-state index < -0.39 is 17.1 Å². The molecule has 12 heteroatoms. The van der Waals surface area contributed by atoms with E-state index >= 15 is 0 Å². The minimum Gasteiger partial charge on any atom is -0.423 e. The van der Waals surface area contributed by atoms with Gasteiger partial charge in [0, 0.05) is 6.08 Å². The number of imide groups is 1. The number of carbonyl (C=O) groups excluding carboxylic acids is 4. The molecule has 0 unspecified atom stereocenters. The molecule has 2 heterocycles. The lowest BCUT2D eigenvalue weighted by Gasteiger charge is -2.02. The minimum absolute atomic E-state index is 0.0103. The normalized spacial score (nSPS) is 15.1. The van der Waals surface area contributed by atoms with E-state index in [4.69, 9.17) is 4.74 Å². The fourth-order valence-electron chi connectivity index (χ4n) is 1.97. The van der Waals surface area contributed by atoms with E-state index in [2.05, 4.69) is 20.6 Å². The summed E-state index contributed by atoms with van der Waals surface area (Å²) in [5.74, 6) is -1.55. The number of hydrogen-bond acceptors (Lipinski definition) is 9. The fraction of sp³-hybridized carbons (Fsp3) is 0.0625. The summed E-state index contributed by atoms with van der Waals surface area (Å²) < 4.78 is 6.42. The first-order valence-corrected chi connectivity index (χ1v) is 8.52. The van der Waals surface area contributed by atoms with Crippen LogP contribution in [0.3, 0.4) is 0 Å². The summed E-state index contributed by atoms with van der Waals surface area (Å²) in [6, 6.07) is 6.26. The average Bonchev–Trinajstić information content (AvgIpc) is 3.26. The molecule has 142 valence electrons. The van der Waals surface area contributed by atoms with Crippen LogP contribution in [0.25, 0.3) is 0 Å². The lowest BCUT2D eigenvalue weighted by molar-refractivity contribution is -0.129. The predicted octanol–water partition coefficient (Wildman–Crippen LogP) is 0.201. The van der Waals surface area contributed by atoms with Gasteiger partial charge in [-0.2, -0.15) is 10.2 Å². The van der Waals surface area contributed by atoms with Crippen LogP contribution in [0.1, 0.15) is 5.56 Å². The summed E-state index contributed by atoms with van der Waals surface area (Å²) in [5.41, 5.74) is 2.99. The summed E-state index contributed by atoms with van der Waals surface area (Å²) in [5, 5.41) is 9.12. The van der Waals surface area contributed by atoms with E-state index in [1.165, 1.54) is 35.7 Å². The van der Waals surface area contributed by atoms with Gasteiger partial charge in [-0.25, -0.2) is 19.9 Å². The van der Waals surface area contributed by atoms with Gasteiger partial charge in [0.15, 0.2) is 0 Å². The number of thioether (sulfide) groups is 1. The Kier molecular flexibility index (Phi) is 5.91. The summed E-state index contributed by atoms with van der Waals surface area (Å²) in [6.45, 7) is -0.0103. The molecule has 0 saturated carbocycles. The molecule has 2 N–H and O–H groups in total. The van der Waals surface area contributed by atoms with Crippen LogP contribution in [0.2, 0.25) is 0 Å². The molecule has 28 heavy (non-hydrogen) atoms. The number of nitrogens with one attached hydrogen (secondary N) is 2. The Morgan fingerprint density at radius 2 is 2.07 bits per heavy atom. The number of hydrogen-bond donors (Lipinski definition) is 2. The predicted molar refractivity (Wildman–Crippen MR) is 97.0 cm³/mol. The molecule has 1 saturated heterocycles. The molecule has 3 amide bonds. The van der Waals surface area contributed by atoms with Crippen LogP contribution < -0.4 is 15.5 Å². The first-order valence-electron chi connectivity index (χ1n) is 7.70. The lowest BCUT2D eigenvalue weighted by atomic mass is 10.2. The Bertz CT molecular complexity index is 968. The molecule has 1 fully saturated rings. The van der Waals surface area contributed by atoms with Crippen LogP contribution in [-0.2, 0) is 20.9 Å². The minimum atomic E-state index is -0.783. The number of aromatic nitrogens is 3. The third kappa shape index (κ3) is 5.35. The highest BCUT2D eigenvalue weighted by Gasteiger charge is 2.26. The number of rotatable bonds is 6. The van der Waals surface area contributed by atoms with Gasteiger partial charge in [0.05, 0.1) is 11.1 Å². The molecule has 2 aromatic rings. The van der Waals surface area contributed by atoms with Crippen LogP contribution in [-0.4, -0.2) is 44.0 Å². The Hall–Kier alpha value is -3.80. The molecular formula is C16H12N6O5S. The number of esters is 1. The van der Waals surface area contributed by atoms with Crippen molar-refractivity contribution in [3.8, 4) is 5.75 Å². The number of ether oxygens (including phenoxy) is 1. The zero-order valence-electron chi connectivity index (χ0n) is 14.1. The second-order valence-corrected chi connectivity index (χ2v) is 6.24. The highest BCUT2D eigenvalue weighted by Crippen LogP contribution is 2.23. The van der Waals surface area contributed by atoms with E-state index in [1.807, 2.05) is 5.32 Å². The van der Waals surface area contributed by atoms with Crippen LogP contribution in [0, 0.1) is 0 Å². The summed E-state index contributed by atoms with van der Waals surface area (Å²) >= 11 is 0.627. The van der Waals surface area contributed by atoms with Gasteiger partial charge in [0.2, 0.25) is 0 Å². The molecule has 0 spiro atoms.